The predicted molar refractivity (Wildman–Crippen MR) is 71.3 cm³/mol. The minimum absolute atomic E-state index is 0.119. The number of aliphatic hydroxyl groups excluding tert-OH is 1. The largest absolute Gasteiger partial charge is 0.392 e. The zero-order valence-electron chi connectivity index (χ0n) is 12.1. The average Bonchev–Trinajstić information content (AvgIpc) is 2.68. The Bertz CT molecular complexity index is 266. The quantitative estimate of drug-likeness (QED) is 0.791. The molecule has 0 spiro atoms. The molecule has 18 heavy (non-hydrogen) atoms. The highest BCUT2D eigenvalue weighted by molar-refractivity contribution is 5.76. The van der Waals surface area contributed by atoms with Crippen LogP contribution in [-0.4, -0.2) is 46.8 Å². The second-order valence-electron chi connectivity index (χ2n) is 5.67. The summed E-state index contributed by atoms with van der Waals surface area (Å²) in [6.45, 7) is 8.17. The number of rotatable bonds is 6. The van der Waals surface area contributed by atoms with Gasteiger partial charge in [0.2, 0.25) is 5.91 Å². The Labute approximate surface area is 110 Å². The average molecular weight is 257 g/mol. The van der Waals surface area contributed by atoms with Crippen molar-refractivity contribution in [1.29, 1.82) is 0 Å². The molecule has 1 amide bonds. The van der Waals surface area contributed by atoms with Crippen molar-refractivity contribution >= 4 is 5.91 Å². The smallest absolute Gasteiger partial charge is 0.222 e. The Hall–Kier alpha value is -0.610. The van der Waals surface area contributed by atoms with Crippen molar-refractivity contribution in [2.24, 2.45) is 0 Å². The van der Waals surface area contributed by atoms with E-state index in [1.807, 2.05) is 13.8 Å². The predicted octanol–water partition coefficient (Wildman–Crippen LogP) is 1.95. The Morgan fingerprint density at radius 2 is 2.06 bits per heavy atom. The monoisotopic (exact) mass is 257 g/mol. The van der Waals surface area contributed by atoms with E-state index in [0.29, 0.717) is 19.1 Å². The molecule has 1 saturated heterocycles. The van der Waals surface area contributed by atoms with E-state index in [4.69, 9.17) is 4.74 Å². The van der Waals surface area contributed by atoms with Gasteiger partial charge in [0.05, 0.1) is 18.3 Å². The van der Waals surface area contributed by atoms with Crippen LogP contribution in [-0.2, 0) is 9.53 Å². The summed E-state index contributed by atoms with van der Waals surface area (Å²) in [5, 5.41) is 9.42. The summed E-state index contributed by atoms with van der Waals surface area (Å²) in [6, 6.07) is 0.135. The Morgan fingerprint density at radius 1 is 1.39 bits per heavy atom. The van der Waals surface area contributed by atoms with Crippen LogP contribution in [0.5, 0.6) is 0 Å². The van der Waals surface area contributed by atoms with E-state index in [9.17, 15) is 9.90 Å². The number of carbonyl (C=O) groups excluding carboxylic acids is 1. The normalized spacial score (nSPS) is 25.4. The number of aliphatic hydroxyl groups is 1. The minimum atomic E-state index is -0.473. The van der Waals surface area contributed by atoms with Crippen LogP contribution in [0.15, 0.2) is 0 Å². The second kappa shape index (κ2) is 7.10. The number of hydrogen-bond donors (Lipinski definition) is 1. The maximum absolute atomic E-state index is 12.1. The third kappa shape index (κ3) is 4.94. The summed E-state index contributed by atoms with van der Waals surface area (Å²) >= 11 is 0. The van der Waals surface area contributed by atoms with Crippen LogP contribution in [0.2, 0.25) is 0 Å². The lowest BCUT2D eigenvalue weighted by molar-refractivity contribution is -0.135. The fourth-order valence-corrected chi connectivity index (χ4v) is 2.41. The number of hydrogen-bond acceptors (Lipinski definition) is 3. The maximum Gasteiger partial charge on any atom is 0.222 e. The first-order chi connectivity index (χ1) is 8.40. The molecular weight excluding hydrogens is 230 g/mol. The van der Waals surface area contributed by atoms with Gasteiger partial charge in [-0.1, -0.05) is 0 Å². The third-order valence-electron chi connectivity index (χ3n) is 3.40. The molecule has 0 saturated carbocycles. The Balaban J connectivity index is 2.37. The summed E-state index contributed by atoms with van der Waals surface area (Å²) in [5.74, 6) is 0.119. The lowest BCUT2D eigenvalue weighted by Crippen LogP contribution is -2.41. The molecule has 3 atom stereocenters. The molecule has 0 radical (unpaired) electrons. The van der Waals surface area contributed by atoms with Crippen molar-refractivity contribution in [3.05, 3.63) is 0 Å². The zero-order valence-corrected chi connectivity index (χ0v) is 12.1. The van der Waals surface area contributed by atoms with Crippen LogP contribution < -0.4 is 0 Å². The van der Waals surface area contributed by atoms with Gasteiger partial charge >= 0.3 is 0 Å². The molecule has 0 aromatic heterocycles. The van der Waals surface area contributed by atoms with Gasteiger partial charge in [-0.25, -0.2) is 0 Å². The molecule has 3 unspecified atom stereocenters. The molecule has 1 rings (SSSR count). The molecule has 0 aromatic carbocycles. The first-order valence-electron chi connectivity index (χ1n) is 7.03. The molecule has 4 heteroatoms. The standard InChI is InChI=1S/C14H27NO3/c1-10(2)15(9-11(3)16)14(17)8-7-13-6-5-12(4)18-13/h10-13,16H,5-9H2,1-4H3. The zero-order chi connectivity index (χ0) is 13.7. The fraction of sp³-hybridized carbons (Fsp3) is 0.929. The first kappa shape index (κ1) is 15.4. The van der Waals surface area contributed by atoms with Crippen LogP contribution in [0.4, 0.5) is 0 Å². The molecule has 1 aliphatic heterocycles. The SMILES string of the molecule is CC(O)CN(C(=O)CCC1CCC(C)O1)C(C)C. The molecule has 1 aliphatic rings. The summed E-state index contributed by atoms with van der Waals surface area (Å²) in [7, 11) is 0. The molecular formula is C14H27NO3. The molecule has 106 valence electrons. The van der Waals surface area contributed by atoms with Crippen LogP contribution in [0.1, 0.15) is 53.4 Å². The molecule has 0 aromatic rings. The van der Waals surface area contributed by atoms with E-state index in [1.54, 1.807) is 11.8 Å². The van der Waals surface area contributed by atoms with Gasteiger partial charge in [-0.05, 0) is 47.0 Å². The topological polar surface area (TPSA) is 49.8 Å². The fourth-order valence-electron chi connectivity index (χ4n) is 2.41. The second-order valence-corrected chi connectivity index (χ2v) is 5.67. The van der Waals surface area contributed by atoms with E-state index in [0.717, 1.165) is 19.3 Å². The van der Waals surface area contributed by atoms with Crippen LogP contribution in [0.3, 0.4) is 0 Å². The van der Waals surface area contributed by atoms with Crippen molar-refractivity contribution in [3.63, 3.8) is 0 Å². The summed E-state index contributed by atoms with van der Waals surface area (Å²) in [6.07, 6.45) is 3.58. The van der Waals surface area contributed by atoms with Gasteiger partial charge in [-0.2, -0.15) is 0 Å². The van der Waals surface area contributed by atoms with Gasteiger partial charge in [0.1, 0.15) is 0 Å². The lowest BCUT2D eigenvalue weighted by Gasteiger charge is -2.28. The van der Waals surface area contributed by atoms with E-state index < -0.39 is 6.10 Å². The van der Waals surface area contributed by atoms with Crippen molar-refractivity contribution < 1.29 is 14.6 Å². The van der Waals surface area contributed by atoms with Crippen LogP contribution >= 0.6 is 0 Å². The van der Waals surface area contributed by atoms with Gasteiger partial charge in [-0.3, -0.25) is 4.79 Å². The molecule has 4 nitrogen and oxygen atoms in total. The van der Waals surface area contributed by atoms with Crippen molar-refractivity contribution in [1.82, 2.24) is 4.90 Å². The van der Waals surface area contributed by atoms with E-state index in [1.165, 1.54) is 0 Å². The molecule has 0 aliphatic carbocycles. The van der Waals surface area contributed by atoms with Crippen molar-refractivity contribution in [3.8, 4) is 0 Å². The third-order valence-corrected chi connectivity index (χ3v) is 3.40. The highest BCUT2D eigenvalue weighted by Gasteiger charge is 2.24. The van der Waals surface area contributed by atoms with E-state index in [2.05, 4.69) is 6.92 Å². The van der Waals surface area contributed by atoms with Gasteiger partial charge < -0.3 is 14.7 Å². The molecule has 1 N–H and O–H groups in total. The lowest BCUT2D eigenvalue weighted by atomic mass is 10.1. The Kier molecular flexibility index (Phi) is 6.09. The number of amides is 1. The van der Waals surface area contributed by atoms with Gasteiger partial charge in [0, 0.05) is 19.0 Å². The van der Waals surface area contributed by atoms with Gasteiger partial charge in [0.15, 0.2) is 0 Å². The summed E-state index contributed by atoms with van der Waals surface area (Å²) in [4.78, 5) is 13.9. The van der Waals surface area contributed by atoms with E-state index >= 15 is 0 Å². The maximum atomic E-state index is 12.1. The van der Waals surface area contributed by atoms with Crippen molar-refractivity contribution in [2.45, 2.75) is 77.7 Å². The summed E-state index contributed by atoms with van der Waals surface area (Å²) < 4.78 is 5.71. The van der Waals surface area contributed by atoms with Crippen molar-refractivity contribution in [2.75, 3.05) is 6.54 Å². The van der Waals surface area contributed by atoms with Gasteiger partial charge in [0.25, 0.3) is 0 Å². The first-order valence-corrected chi connectivity index (χ1v) is 7.03. The highest BCUT2D eigenvalue weighted by Crippen LogP contribution is 2.23. The van der Waals surface area contributed by atoms with Gasteiger partial charge in [-0.15, -0.1) is 0 Å². The minimum Gasteiger partial charge on any atom is -0.392 e. The number of nitrogens with zero attached hydrogens (tertiary/aromatic N) is 1. The molecule has 0 bridgehead atoms. The number of carbonyl (C=O) groups is 1. The van der Waals surface area contributed by atoms with Crippen LogP contribution in [0, 0.1) is 0 Å². The summed E-state index contributed by atoms with van der Waals surface area (Å²) in [5.41, 5.74) is 0. The Morgan fingerprint density at radius 3 is 2.50 bits per heavy atom. The van der Waals surface area contributed by atoms with E-state index in [-0.39, 0.29) is 18.1 Å². The molecule has 1 heterocycles. The molecule has 1 fully saturated rings. The number of ether oxygens (including phenoxy) is 1. The highest BCUT2D eigenvalue weighted by atomic mass is 16.5. The van der Waals surface area contributed by atoms with Crippen LogP contribution in [0.25, 0.3) is 0 Å².